The first-order valence-corrected chi connectivity index (χ1v) is 12.6. The SMILES string of the molecule is C[C@H](c1ncc(N2C[C@H]3C[C@H]3C2=O)cc1F)n1cc(C(=O)NC2CC(c3cc(Cl)ccc3C#N)C2)nn1. The third kappa shape index (κ3) is 4.23. The van der Waals surface area contributed by atoms with E-state index in [4.69, 9.17) is 11.6 Å². The molecule has 3 fully saturated rings. The minimum Gasteiger partial charge on any atom is -0.348 e. The van der Waals surface area contributed by atoms with Crippen LogP contribution in [-0.4, -0.2) is 44.4 Å². The Kier molecular flexibility index (Phi) is 5.68. The first-order valence-electron chi connectivity index (χ1n) is 12.2. The topological polar surface area (TPSA) is 117 Å². The van der Waals surface area contributed by atoms with Crippen molar-refractivity contribution in [2.45, 2.75) is 44.2 Å². The quantitative estimate of drug-likeness (QED) is 0.532. The molecule has 1 aliphatic heterocycles. The van der Waals surface area contributed by atoms with Gasteiger partial charge in [0.25, 0.3) is 5.91 Å². The molecule has 2 aliphatic carbocycles. The van der Waals surface area contributed by atoms with Crippen LogP contribution >= 0.6 is 11.6 Å². The summed E-state index contributed by atoms with van der Waals surface area (Å²) in [6.45, 7) is 2.33. The number of carbonyl (C=O) groups excluding carboxylic acids is 2. The van der Waals surface area contributed by atoms with Crippen molar-refractivity contribution in [1.29, 1.82) is 5.26 Å². The van der Waals surface area contributed by atoms with E-state index in [2.05, 4.69) is 26.7 Å². The maximum Gasteiger partial charge on any atom is 0.273 e. The molecular formula is C26H23ClFN7O2. The summed E-state index contributed by atoms with van der Waals surface area (Å²) in [5.74, 6) is -0.269. The summed E-state index contributed by atoms with van der Waals surface area (Å²) in [4.78, 5) is 30.9. The highest BCUT2D eigenvalue weighted by molar-refractivity contribution is 6.30. The lowest BCUT2D eigenvalue weighted by atomic mass is 9.74. The van der Waals surface area contributed by atoms with E-state index in [-0.39, 0.29) is 41.1 Å². The van der Waals surface area contributed by atoms with Crippen LogP contribution in [0.2, 0.25) is 5.02 Å². The number of aromatic nitrogens is 4. The summed E-state index contributed by atoms with van der Waals surface area (Å²) < 4.78 is 16.3. The number of nitriles is 1. The van der Waals surface area contributed by atoms with E-state index in [0.29, 0.717) is 41.6 Å². The van der Waals surface area contributed by atoms with E-state index in [0.717, 1.165) is 12.0 Å². The second-order valence-corrected chi connectivity index (χ2v) is 10.5. The van der Waals surface area contributed by atoms with Crippen LogP contribution in [0.25, 0.3) is 0 Å². The Morgan fingerprint density at radius 3 is 2.81 bits per heavy atom. The van der Waals surface area contributed by atoms with Crippen molar-refractivity contribution in [3.8, 4) is 6.07 Å². The van der Waals surface area contributed by atoms with Gasteiger partial charge < -0.3 is 10.2 Å². The predicted molar refractivity (Wildman–Crippen MR) is 131 cm³/mol. The maximum atomic E-state index is 15.0. The predicted octanol–water partition coefficient (Wildman–Crippen LogP) is 3.61. The van der Waals surface area contributed by atoms with Crippen LogP contribution < -0.4 is 10.2 Å². The molecule has 11 heteroatoms. The average molecular weight is 520 g/mol. The van der Waals surface area contributed by atoms with Crippen LogP contribution in [0.1, 0.15) is 65.5 Å². The fraction of sp³-hybridized carbons (Fsp3) is 0.385. The van der Waals surface area contributed by atoms with E-state index < -0.39 is 11.9 Å². The fourth-order valence-electron chi connectivity index (χ4n) is 5.32. The highest BCUT2D eigenvalue weighted by atomic mass is 35.5. The number of carbonyl (C=O) groups is 2. The molecule has 3 atom stereocenters. The van der Waals surface area contributed by atoms with E-state index in [1.807, 2.05) is 0 Å². The number of halogens is 2. The van der Waals surface area contributed by atoms with E-state index in [1.165, 1.54) is 23.1 Å². The molecule has 2 amide bonds. The van der Waals surface area contributed by atoms with Gasteiger partial charge in [-0.1, -0.05) is 16.8 Å². The molecule has 1 aromatic carbocycles. The molecule has 3 heterocycles. The third-order valence-electron chi connectivity index (χ3n) is 7.67. The molecule has 3 aliphatic rings. The van der Waals surface area contributed by atoms with Crippen molar-refractivity contribution in [3.05, 3.63) is 70.0 Å². The fourth-order valence-corrected chi connectivity index (χ4v) is 5.50. The summed E-state index contributed by atoms with van der Waals surface area (Å²) in [5, 5.41) is 20.8. The molecule has 1 saturated heterocycles. The highest BCUT2D eigenvalue weighted by Crippen LogP contribution is 2.47. The molecule has 0 unspecified atom stereocenters. The number of piperidine rings is 1. The summed E-state index contributed by atoms with van der Waals surface area (Å²) in [6, 6.07) is 8.07. The summed E-state index contributed by atoms with van der Waals surface area (Å²) in [6.07, 6.45) is 5.27. The largest absolute Gasteiger partial charge is 0.348 e. The number of amides is 2. The Morgan fingerprint density at radius 2 is 2.11 bits per heavy atom. The molecule has 3 aromatic rings. The van der Waals surface area contributed by atoms with Crippen LogP contribution in [0.3, 0.4) is 0 Å². The van der Waals surface area contributed by atoms with Gasteiger partial charge in [0.2, 0.25) is 5.91 Å². The first kappa shape index (κ1) is 23.6. The number of nitrogens with one attached hydrogen (secondary N) is 1. The van der Waals surface area contributed by atoms with Crippen LogP contribution in [0.5, 0.6) is 0 Å². The molecule has 188 valence electrons. The zero-order valence-electron chi connectivity index (χ0n) is 19.9. The van der Waals surface area contributed by atoms with Crippen molar-refractivity contribution in [2.75, 3.05) is 11.4 Å². The number of nitrogens with zero attached hydrogens (tertiary/aromatic N) is 6. The molecule has 9 nitrogen and oxygen atoms in total. The third-order valence-corrected chi connectivity index (χ3v) is 7.91. The minimum atomic E-state index is -0.605. The number of hydrogen-bond acceptors (Lipinski definition) is 6. The molecule has 6 rings (SSSR count). The van der Waals surface area contributed by atoms with Crippen LogP contribution in [0.15, 0.2) is 36.7 Å². The molecule has 37 heavy (non-hydrogen) atoms. The zero-order chi connectivity index (χ0) is 25.8. The Morgan fingerprint density at radius 1 is 1.30 bits per heavy atom. The summed E-state index contributed by atoms with van der Waals surface area (Å²) in [7, 11) is 0. The molecule has 2 saturated carbocycles. The monoisotopic (exact) mass is 519 g/mol. The van der Waals surface area contributed by atoms with E-state index in [9.17, 15) is 19.2 Å². The van der Waals surface area contributed by atoms with Crippen LogP contribution in [0.4, 0.5) is 10.1 Å². The van der Waals surface area contributed by atoms with Crippen molar-refractivity contribution in [2.24, 2.45) is 11.8 Å². The minimum absolute atomic E-state index is 0.0368. The van der Waals surface area contributed by atoms with Gasteiger partial charge in [0.1, 0.15) is 11.5 Å². The van der Waals surface area contributed by atoms with Crippen LogP contribution in [0, 0.1) is 29.0 Å². The Bertz CT molecular complexity index is 1460. The van der Waals surface area contributed by atoms with Gasteiger partial charge in [-0.25, -0.2) is 9.07 Å². The van der Waals surface area contributed by atoms with Gasteiger partial charge in [-0.2, -0.15) is 5.26 Å². The Hall–Kier alpha value is -3.84. The molecule has 2 aromatic heterocycles. The van der Waals surface area contributed by atoms with Crippen molar-refractivity contribution < 1.29 is 14.0 Å². The number of rotatable bonds is 6. The van der Waals surface area contributed by atoms with Gasteiger partial charge in [0, 0.05) is 29.6 Å². The lowest BCUT2D eigenvalue weighted by molar-refractivity contribution is -0.118. The van der Waals surface area contributed by atoms with Gasteiger partial charge in [0.15, 0.2) is 5.69 Å². The highest BCUT2D eigenvalue weighted by Gasteiger charge is 2.52. The van der Waals surface area contributed by atoms with Crippen molar-refractivity contribution in [3.63, 3.8) is 0 Å². The van der Waals surface area contributed by atoms with Gasteiger partial charge in [0.05, 0.1) is 35.8 Å². The van der Waals surface area contributed by atoms with Gasteiger partial charge >= 0.3 is 0 Å². The van der Waals surface area contributed by atoms with E-state index >= 15 is 0 Å². The van der Waals surface area contributed by atoms with Crippen molar-refractivity contribution in [1.82, 2.24) is 25.3 Å². The number of anilines is 1. The van der Waals surface area contributed by atoms with Gasteiger partial charge in [-0.15, -0.1) is 5.10 Å². The molecule has 0 spiro atoms. The first-order chi connectivity index (χ1) is 17.8. The Labute approximate surface area is 217 Å². The zero-order valence-corrected chi connectivity index (χ0v) is 20.7. The second kappa shape index (κ2) is 8.92. The lowest BCUT2D eigenvalue weighted by Crippen LogP contribution is -2.43. The smallest absolute Gasteiger partial charge is 0.273 e. The molecule has 0 radical (unpaired) electrons. The van der Waals surface area contributed by atoms with Gasteiger partial charge in [-0.05, 0) is 61.8 Å². The molecule has 1 N–H and O–H groups in total. The number of hydrogen-bond donors (Lipinski definition) is 1. The second-order valence-electron chi connectivity index (χ2n) is 10.1. The van der Waals surface area contributed by atoms with E-state index in [1.54, 1.807) is 30.0 Å². The summed E-state index contributed by atoms with van der Waals surface area (Å²) in [5.41, 5.74) is 2.21. The van der Waals surface area contributed by atoms with Crippen molar-refractivity contribution >= 4 is 29.1 Å². The standard InChI is InChI=1S/C26H23ClFN7O2/c1-13(24-22(28)8-19(10-30-24)34-11-16-6-21(16)26(34)37)35-12-23(32-33-35)25(36)31-18-4-15(5-18)20-7-17(27)3-2-14(20)9-29/h2-3,7-8,10,12-13,15-16,18,21H,4-6,11H2,1H3,(H,31,36)/t13-,15?,16-,18?,21-/m1/s1. The maximum absolute atomic E-state index is 15.0. The molecule has 0 bridgehead atoms. The summed E-state index contributed by atoms with van der Waals surface area (Å²) >= 11 is 6.09. The number of fused-ring (bicyclic) bond motifs is 1. The lowest BCUT2D eigenvalue weighted by Gasteiger charge is -2.36. The number of pyridine rings is 1. The normalized spacial score (nSPS) is 24.7. The number of benzene rings is 1. The van der Waals surface area contributed by atoms with Crippen LogP contribution in [-0.2, 0) is 4.79 Å². The van der Waals surface area contributed by atoms with Gasteiger partial charge in [-0.3, -0.25) is 14.6 Å². The average Bonchev–Trinajstić information content (AvgIpc) is 3.31. The molecular weight excluding hydrogens is 497 g/mol. The Balaban J connectivity index is 1.08.